The molecule has 0 saturated carbocycles. The highest BCUT2D eigenvalue weighted by atomic mass is 32.2. The van der Waals surface area contributed by atoms with Crippen molar-refractivity contribution in [3.63, 3.8) is 0 Å². The van der Waals surface area contributed by atoms with Crippen molar-refractivity contribution >= 4 is 11.8 Å². The number of thioether (sulfide) groups is 1. The van der Waals surface area contributed by atoms with Crippen LogP contribution in [0.1, 0.15) is 32.3 Å². The topological polar surface area (TPSA) is 0 Å². The van der Waals surface area contributed by atoms with Crippen LogP contribution in [-0.4, -0.2) is 5.75 Å². The highest BCUT2D eigenvalue weighted by molar-refractivity contribution is 7.99. The van der Waals surface area contributed by atoms with Gasteiger partial charge in [-0.05, 0) is 29.9 Å². The Morgan fingerprint density at radius 2 is 1.80 bits per heavy atom. The summed E-state index contributed by atoms with van der Waals surface area (Å²) in [4.78, 5) is 1.36. The second-order valence-corrected chi connectivity index (χ2v) is 4.62. The molecule has 0 saturated heterocycles. The van der Waals surface area contributed by atoms with Gasteiger partial charge in [0.15, 0.2) is 0 Å². The first-order valence-electron chi connectivity index (χ1n) is 5.54. The Balaban J connectivity index is 2.42. The van der Waals surface area contributed by atoms with E-state index in [1.54, 1.807) is 0 Å². The average Bonchev–Trinajstić information content (AvgIpc) is 2.27. The van der Waals surface area contributed by atoms with Gasteiger partial charge in [0.25, 0.3) is 0 Å². The maximum atomic E-state index is 3.17. The van der Waals surface area contributed by atoms with Crippen LogP contribution in [-0.2, 0) is 6.42 Å². The fourth-order valence-corrected chi connectivity index (χ4v) is 2.00. The van der Waals surface area contributed by atoms with Crippen LogP contribution in [0.3, 0.4) is 0 Å². The van der Waals surface area contributed by atoms with Crippen molar-refractivity contribution in [2.75, 3.05) is 5.75 Å². The van der Waals surface area contributed by atoms with Crippen molar-refractivity contribution in [2.45, 2.75) is 38.0 Å². The second-order valence-electron chi connectivity index (χ2n) is 3.28. The minimum Gasteiger partial charge on any atom is -0.126 e. The van der Waals surface area contributed by atoms with Crippen LogP contribution in [0.2, 0.25) is 0 Å². The van der Waals surface area contributed by atoms with Gasteiger partial charge in [-0.1, -0.05) is 26.0 Å². The van der Waals surface area contributed by atoms with Crippen molar-refractivity contribution in [3.8, 4) is 11.8 Å². The predicted molar refractivity (Wildman–Crippen MR) is 69.2 cm³/mol. The average molecular weight is 218 g/mol. The van der Waals surface area contributed by atoms with E-state index in [0.717, 1.165) is 25.0 Å². The molecule has 0 radical (unpaired) electrons. The van der Waals surface area contributed by atoms with Crippen LogP contribution < -0.4 is 0 Å². The molecule has 0 aromatic heterocycles. The molecule has 0 aliphatic carbocycles. The molecule has 0 fully saturated rings. The van der Waals surface area contributed by atoms with E-state index in [1.165, 1.54) is 10.5 Å². The molecule has 0 aliphatic rings. The quantitative estimate of drug-likeness (QED) is 0.540. The van der Waals surface area contributed by atoms with E-state index in [9.17, 15) is 0 Å². The largest absolute Gasteiger partial charge is 0.126 e. The molecule has 0 heterocycles. The zero-order valence-electron chi connectivity index (χ0n) is 9.55. The molecule has 15 heavy (non-hydrogen) atoms. The molecule has 0 nitrogen and oxygen atoms in total. The maximum absolute atomic E-state index is 3.17. The summed E-state index contributed by atoms with van der Waals surface area (Å²) in [5, 5.41) is 0. The third kappa shape index (κ3) is 4.95. The lowest BCUT2D eigenvalue weighted by Gasteiger charge is -2.00. The third-order valence-electron chi connectivity index (χ3n) is 2.07. The molecule has 0 bridgehead atoms. The van der Waals surface area contributed by atoms with Gasteiger partial charge in [-0.15, -0.1) is 23.6 Å². The summed E-state index contributed by atoms with van der Waals surface area (Å²) in [6.45, 7) is 4.27. The Hall–Kier alpha value is -0.870. The van der Waals surface area contributed by atoms with E-state index in [0.29, 0.717) is 0 Å². The summed E-state index contributed by atoms with van der Waals surface area (Å²) in [5.74, 6) is 7.40. The van der Waals surface area contributed by atoms with Gasteiger partial charge in [0.05, 0.1) is 0 Å². The van der Waals surface area contributed by atoms with Crippen molar-refractivity contribution in [1.82, 2.24) is 0 Å². The summed E-state index contributed by atoms with van der Waals surface area (Å²) in [5.41, 5.74) is 1.39. The first-order valence-corrected chi connectivity index (χ1v) is 6.52. The number of hydrogen-bond acceptors (Lipinski definition) is 1. The molecule has 0 atom stereocenters. The molecular weight excluding hydrogens is 200 g/mol. The van der Waals surface area contributed by atoms with Gasteiger partial charge >= 0.3 is 0 Å². The van der Waals surface area contributed by atoms with E-state index >= 15 is 0 Å². The summed E-state index contributed by atoms with van der Waals surface area (Å²) >= 11 is 1.89. The van der Waals surface area contributed by atoms with Gasteiger partial charge in [-0.2, -0.15) is 0 Å². The van der Waals surface area contributed by atoms with E-state index in [4.69, 9.17) is 0 Å². The van der Waals surface area contributed by atoms with E-state index in [2.05, 4.69) is 50.0 Å². The Kier molecular flexibility index (Phi) is 6.04. The summed E-state index contributed by atoms with van der Waals surface area (Å²) in [6, 6.07) is 8.84. The zero-order valence-corrected chi connectivity index (χ0v) is 10.4. The monoisotopic (exact) mass is 218 g/mol. The molecule has 0 spiro atoms. The fourth-order valence-electron chi connectivity index (χ4n) is 1.34. The maximum Gasteiger partial charge on any atom is 0.0129 e. The van der Waals surface area contributed by atoms with Crippen LogP contribution >= 0.6 is 11.8 Å². The van der Waals surface area contributed by atoms with Gasteiger partial charge in [-0.3, -0.25) is 0 Å². The van der Waals surface area contributed by atoms with Crippen molar-refractivity contribution < 1.29 is 0 Å². The summed E-state index contributed by atoms with van der Waals surface area (Å²) < 4.78 is 0. The van der Waals surface area contributed by atoms with Crippen LogP contribution in [0, 0.1) is 11.8 Å². The van der Waals surface area contributed by atoms with Crippen molar-refractivity contribution in [2.24, 2.45) is 0 Å². The molecule has 0 aliphatic heterocycles. The number of aryl methyl sites for hydroxylation is 1. The standard InChI is InChI=1S/C14H18S/c1-3-5-6-7-8-13-9-11-14(12-10-13)15-4-2/h9-12H,3-4,7-8H2,1-2H3. The van der Waals surface area contributed by atoms with Crippen LogP contribution in [0.4, 0.5) is 0 Å². The fraction of sp³-hybridized carbons (Fsp3) is 0.429. The van der Waals surface area contributed by atoms with Gasteiger partial charge in [0.1, 0.15) is 0 Å². The zero-order chi connectivity index (χ0) is 10.9. The lowest BCUT2D eigenvalue weighted by Crippen LogP contribution is -1.83. The summed E-state index contributed by atoms with van der Waals surface area (Å²) in [6.07, 6.45) is 3.02. The molecule has 80 valence electrons. The highest BCUT2D eigenvalue weighted by Crippen LogP contribution is 2.18. The van der Waals surface area contributed by atoms with Crippen LogP contribution in [0.15, 0.2) is 29.2 Å². The predicted octanol–water partition coefficient (Wildman–Crippen LogP) is 4.14. The van der Waals surface area contributed by atoms with Crippen molar-refractivity contribution in [1.29, 1.82) is 0 Å². The SMILES string of the molecule is CCC#CCCc1ccc(SCC)cc1. The Morgan fingerprint density at radius 1 is 1.07 bits per heavy atom. The normalized spacial score (nSPS) is 9.47. The molecule has 0 amide bonds. The summed E-state index contributed by atoms with van der Waals surface area (Å²) in [7, 11) is 0. The van der Waals surface area contributed by atoms with Crippen molar-refractivity contribution in [3.05, 3.63) is 29.8 Å². The third-order valence-corrected chi connectivity index (χ3v) is 2.97. The molecule has 0 N–H and O–H groups in total. The first kappa shape index (κ1) is 12.2. The van der Waals surface area contributed by atoms with Gasteiger partial charge in [0.2, 0.25) is 0 Å². The van der Waals surface area contributed by atoms with Crippen LogP contribution in [0.5, 0.6) is 0 Å². The molecular formula is C14H18S. The Bertz CT molecular complexity index is 327. The van der Waals surface area contributed by atoms with E-state index in [-0.39, 0.29) is 0 Å². The molecule has 1 aromatic carbocycles. The smallest absolute Gasteiger partial charge is 0.0129 e. The number of rotatable bonds is 4. The van der Waals surface area contributed by atoms with Gasteiger partial charge in [-0.25, -0.2) is 0 Å². The van der Waals surface area contributed by atoms with Gasteiger partial charge < -0.3 is 0 Å². The lowest BCUT2D eigenvalue weighted by molar-refractivity contribution is 1.02. The van der Waals surface area contributed by atoms with E-state index in [1.807, 2.05) is 11.8 Å². The molecule has 1 heteroatoms. The Morgan fingerprint density at radius 3 is 2.40 bits per heavy atom. The van der Waals surface area contributed by atoms with Gasteiger partial charge in [0, 0.05) is 17.7 Å². The molecule has 0 unspecified atom stereocenters. The van der Waals surface area contributed by atoms with E-state index < -0.39 is 0 Å². The Labute approximate surface area is 97.5 Å². The van der Waals surface area contributed by atoms with Crippen LogP contribution in [0.25, 0.3) is 0 Å². The highest BCUT2D eigenvalue weighted by Gasteiger charge is 1.93. The minimum absolute atomic E-state index is 0.964. The first-order chi connectivity index (χ1) is 7.36. The number of benzene rings is 1. The molecule has 1 aromatic rings. The minimum atomic E-state index is 0.964. The second kappa shape index (κ2) is 7.43. The molecule has 1 rings (SSSR count). The number of hydrogen-bond donors (Lipinski definition) is 0. The lowest BCUT2D eigenvalue weighted by atomic mass is 10.1.